The molecule has 0 unspecified atom stereocenters. The van der Waals surface area contributed by atoms with Crippen LogP contribution in [0.2, 0.25) is 0 Å². The number of hydrogen-bond acceptors (Lipinski definition) is 2. The maximum absolute atomic E-state index is 9.44. The van der Waals surface area contributed by atoms with Gasteiger partial charge in [-0.25, -0.2) is 0 Å². The summed E-state index contributed by atoms with van der Waals surface area (Å²) < 4.78 is 5.19. The van der Waals surface area contributed by atoms with E-state index in [2.05, 4.69) is 0 Å². The van der Waals surface area contributed by atoms with Crippen molar-refractivity contribution in [3.63, 3.8) is 0 Å². The SMILES string of the molecule is O[C@@H]1COC[C@H]1CCCC1CC1. The van der Waals surface area contributed by atoms with Crippen LogP contribution in [-0.2, 0) is 4.74 Å². The molecule has 0 bridgehead atoms. The molecule has 0 spiro atoms. The molecule has 2 nitrogen and oxygen atoms in total. The van der Waals surface area contributed by atoms with Crippen molar-refractivity contribution in [2.24, 2.45) is 11.8 Å². The molecule has 1 N–H and O–H groups in total. The summed E-state index contributed by atoms with van der Waals surface area (Å²) in [6.45, 7) is 1.35. The lowest BCUT2D eigenvalue weighted by Crippen LogP contribution is -2.17. The Hall–Kier alpha value is -0.0800. The van der Waals surface area contributed by atoms with Gasteiger partial charge in [-0.3, -0.25) is 0 Å². The van der Waals surface area contributed by atoms with Gasteiger partial charge in [-0.2, -0.15) is 0 Å². The predicted octanol–water partition coefficient (Wildman–Crippen LogP) is 1.57. The minimum absolute atomic E-state index is 0.177. The van der Waals surface area contributed by atoms with E-state index in [1.165, 1.54) is 25.7 Å². The molecular formula is C10H18O2. The Balaban J connectivity index is 1.58. The maximum atomic E-state index is 9.44. The fourth-order valence-corrected chi connectivity index (χ4v) is 1.94. The summed E-state index contributed by atoms with van der Waals surface area (Å²) in [5, 5.41) is 9.44. The largest absolute Gasteiger partial charge is 0.390 e. The highest BCUT2D eigenvalue weighted by atomic mass is 16.5. The molecule has 0 amide bonds. The van der Waals surface area contributed by atoms with Crippen molar-refractivity contribution >= 4 is 0 Å². The zero-order valence-corrected chi connectivity index (χ0v) is 7.54. The van der Waals surface area contributed by atoms with E-state index in [0.717, 1.165) is 18.9 Å². The minimum Gasteiger partial charge on any atom is -0.390 e. The van der Waals surface area contributed by atoms with Crippen molar-refractivity contribution in [1.29, 1.82) is 0 Å². The van der Waals surface area contributed by atoms with Gasteiger partial charge >= 0.3 is 0 Å². The van der Waals surface area contributed by atoms with Gasteiger partial charge in [0.1, 0.15) is 0 Å². The van der Waals surface area contributed by atoms with E-state index < -0.39 is 0 Å². The molecule has 1 aliphatic heterocycles. The van der Waals surface area contributed by atoms with Crippen LogP contribution in [0.1, 0.15) is 32.1 Å². The highest BCUT2D eigenvalue weighted by Gasteiger charge is 2.27. The molecule has 1 heterocycles. The molecule has 0 aromatic heterocycles. The number of aliphatic hydroxyl groups is 1. The standard InChI is InChI=1S/C10H18O2/c11-10-7-12-6-9(10)3-1-2-8-4-5-8/h8-11H,1-7H2/t9-,10-/m1/s1. The summed E-state index contributed by atoms with van der Waals surface area (Å²) in [6.07, 6.45) is 6.55. The van der Waals surface area contributed by atoms with Crippen LogP contribution in [0.5, 0.6) is 0 Å². The van der Waals surface area contributed by atoms with Gasteiger partial charge in [0.2, 0.25) is 0 Å². The molecule has 70 valence electrons. The molecule has 0 radical (unpaired) electrons. The van der Waals surface area contributed by atoms with E-state index in [-0.39, 0.29) is 6.10 Å². The Morgan fingerprint density at radius 1 is 1.17 bits per heavy atom. The zero-order chi connectivity index (χ0) is 8.39. The normalized spacial score (nSPS) is 35.8. The summed E-state index contributed by atoms with van der Waals surface area (Å²) >= 11 is 0. The third kappa shape index (κ3) is 2.20. The lowest BCUT2D eigenvalue weighted by Gasteiger charge is -2.10. The fourth-order valence-electron chi connectivity index (χ4n) is 1.94. The van der Waals surface area contributed by atoms with Crippen molar-refractivity contribution in [3.05, 3.63) is 0 Å². The van der Waals surface area contributed by atoms with Crippen molar-refractivity contribution in [3.8, 4) is 0 Å². The first-order chi connectivity index (χ1) is 5.86. The van der Waals surface area contributed by atoms with Gasteiger partial charge in [0.25, 0.3) is 0 Å². The molecule has 2 atom stereocenters. The third-order valence-electron chi connectivity index (χ3n) is 3.05. The number of ether oxygens (including phenoxy) is 1. The average Bonchev–Trinajstić information content (AvgIpc) is 2.78. The molecule has 1 saturated heterocycles. The Labute approximate surface area is 73.9 Å². The van der Waals surface area contributed by atoms with Crippen LogP contribution < -0.4 is 0 Å². The quantitative estimate of drug-likeness (QED) is 0.694. The number of hydrogen-bond donors (Lipinski definition) is 1. The molecule has 0 aromatic rings. The topological polar surface area (TPSA) is 29.5 Å². The van der Waals surface area contributed by atoms with Crippen LogP contribution >= 0.6 is 0 Å². The van der Waals surface area contributed by atoms with Gasteiger partial charge in [-0.05, 0) is 12.3 Å². The van der Waals surface area contributed by atoms with Crippen LogP contribution in [-0.4, -0.2) is 24.4 Å². The molecule has 12 heavy (non-hydrogen) atoms. The second kappa shape index (κ2) is 3.75. The number of rotatable bonds is 4. The van der Waals surface area contributed by atoms with Gasteiger partial charge in [-0.1, -0.05) is 25.7 Å². The first kappa shape index (κ1) is 8.52. The molecule has 2 aliphatic rings. The summed E-state index contributed by atoms with van der Waals surface area (Å²) in [5.74, 6) is 1.47. The Bertz CT molecular complexity index is 143. The van der Waals surface area contributed by atoms with Crippen molar-refractivity contribution < 1.29 is 9.84 Å². The van der Waals surface area contributed by atoms with Gasteiger partial charge < -0.3 is 9.84 Å². The summed E-state index contributed by atoms with van der Waals surface area (Å²) in [5.41, 5.74) is 0. The predicted molar refractivity (Wildman–Crippen MR) is 46.9 cm³/mol. The van der Waals surface area contributed by atoms with E-state index in [1.807, 2.05) is 0 Å². The van der Waals surface area contributed by atoms with Crippen LogP contribution in [0.15, 0.2) is 0 Å². The monoisotopic (exact) mass is 170 g/mol. The van der Waals surface area contributed by atoms with Crippen LogP contribution in [0, 0.1) is 11.8 Å². The van der Waals surface area contributed by atoms with E-state index in [0.29, 0.717) is 12.5 Å². The van der Waals surface area contributed by atoms with Gasteiger partial charge in [0, 0.05) is 5.92 Å². The highest BCUT2D eigenvalue weighted by molar-refractivity contribution is 4.77. The van der Waals surface area contributed by atoms with Crippen LogP contribution in [0.3, 0.4) is 0 Å². The lowest BCUT2D eigenvalue weighted by molar-refractivity contribution is 0.116. The molecular weight excluding hydrogens is 152 g/mol. The highest BCUT2D eigenvalue weighted by Crippen LogP contribution is 2.34. The molecule has 1 saturated carbocycles. The lowest BCUT2D eigenvalue weighted by atomic mass is 9.98. The molecule has 0 aromatic carbocycles. The smallest absolute Gasteiger partial charge is 0.0823 e. The van der Waals surface area contributed by atoms with Crippen molar-refractivity contribution in [1.82, 2.24) is 0 Å². The van der Waals surface area contributed by atoms with Crippen molar-refractivity contribution in [2.75, 3.05) is 13.2 Å². The zero-order valence-electron chi connectivity index (χ0n) is 7.54. The first-order valence-corrected chi connectivity index (χ1v) is 5.12. The third-order valence-corrected chi connectivity index (χ3v) is 3.05. The Morgan fingerprint density at radius 2 is 2.00 bits per heavy atom. The summed E-state index contributed by atoms with van der Waals surface area (Å²) in [7, 11) is 0. The van der Waals surface area contributed by atoms with Gasteiger partial charge in [-0.15, -0.1) is 0 Å². The summed E-state index contributed by atoms with van der Waals surface area (Å²) in [6, 6.07) is 0. The molecule has 2 rings (SSSR count). The first-order valence-electron chi connectivity index (χ1n) is 5.12. The van der Waals surface area contributed by atoms with Crippen LogP contribution in [0.25, 0.3) is 0 Å². The van der Waals surface area contributed by atoms with Gasteiger partial charge in [0.15, 0.2) is 0 Å². The van der Waals surface area contributed by atoms with E-state index in [1.54, 1.807) is 0 Å². The van der Waals surface area contributed by atoms with Gasteiger partial charge in [0.05, 0.1) is 19.3 Å². The fraction of sp³-hybridized carbons (Fsp3) is 1.00. The Kier molecular flexibility index (Phi) is 2.66. The van der Waals surface area contributed by atoms with Crippen LogP contribution in [0.4, 0.5) is 0 Å². The second-order valence-corrected chi connectivity index (χ2v) is 4.24. The summed E-state index contributed by atoms with van der Waals surface area (Å²) in [4.78, 5) is 0. The maximum Gasteiger partial charge on any atom is 0.0823 e. The minimum atomic E-state index is -0.177. The van der Waals surface area contributed by atoms with E-state index in [4.69, 9.17) is 4.74 Å². The van der Waals surface area contributed by atoms with E-state index >= 15 is 0 Å². The molecule has 1 aliphatic carbocycles. The van der Waals surface area contributed by atoms with E-state index in [9.17, 15) is 5.11 Å². The average molecular weight is 170 g/mol. The molecule has 2 fully saturated rings. The number of aliphatic hydroxyl groups excluding tert-OH is 1. The molecule has 2 heteroatoms. The Morgan fingerprint density at radius 3 is 2.58 bits per heavy atom. The second-order valence-electron chi connectivity index (χ2n) is 4.24. The van der Waals surface area contributed by atoms with Crippen molar-refractivity contribution in [2.45, 2.75) is 38.2 Å².